The molecule has 0 saturated heterocycles. The fraction of sp³-hybridized carbons (Fsp3) is 0.200. The molecule has 2 aromatic rings. The summed E-state index contributed by atoms with van der Waals surface area (Å²) in [5, 5.41) is 6.06. The fourth-order valence-electron chi connectivity index (χ4n) is 1.82. The number of anilines is 2. The molecule has 1 amide bonds. The Hall–Kier alpha value is -2.01. The maximum atomic E-state index is 12.3. The second-order valence-corrected chi connectivity index (χ2v) is 5.02. The molecule has 1 heterocycles. The zero-order valence-electron chi connectivity index (χ0n) is 11.5. The Kier molecular flexibility index (Phi) is 5.01. The van der Waals surface area contributed by atoms with E-state index in [1.54, 1.807) is 30.2 Å². The summed E-state index contributed by atoms with van der Waals surface area (Å²) in [6.07, 6.45) is 5.25. The molecule has 20 heavy (non-hydrogen) atoms. The van der Waals surface area contributed by atoms with Crippen LogP contribution in [0.3, 0.4) is 0 Å². The van der Waals surface area contributed by atoms with E-state index in [0.29, 0.717) is 5.56 Å². The quantitative estimate of drug-likeness (QED) is 0.827. The molecule has 4 nitrogen and oxygen atoms in total. The van der Waals surface area contributed by atoms with E-state index >= 15 is 0 Å². The number of thioether (sulfide) groups is 1. The lowest BCUT2D eigenvalue weighted by molar-refractivity contribution is 0.102. The molecule has 104 valence electrons. The molecule has 5 heteroatoms. The molecule has 1 aromatic heterocycles. The van der Waals surface area contributed by atoms with Gasteiger partial charge in [-0.2, -0.15) is 0 Å². The summed E-state index contributed by atoms with van der Waals surface area (Å²) in [5.74, 6) is -0.160. The minimum Gasteiger partial charge on any atom is -0.385 e. The first-order chi connectivity index (χ1) is 9.74. The third-order valence-electron chi connectivity index (χ3n) is 2.76. The number of hydrogen-bond donors (Lipinski definition) is 2. The van der Waals surface area contributed by atoms with Crippen molar-refractivity contribution in [3.05, 3.63) is 48.3 Å². The minimum absolute atomic E-state index is 0.160. The maximum Gasteiger partial charge on any atom is 0.259 e. The Morgan fingerprint density at radius 2 is 2.20 bits per heavy atom. The van der Waals surface area contributed by atoms with Gasteiger partial charge in [-0.25, -0.2) is 0 Å². The van der Waals surface area contributed by atoms with E-state index in [1.165, 1.54) is 0 Å². The number of nitrogens with one attached hydrogen (secondary N) is 2. The first-order valence-corrected chi connectivity index (χ1v) is 7.60. The predicted octanol–water partition coefficient (Wildman–Crippen LogP) is 3.49. The maximum absolute atomic E-state index is 12.3. The zero-order chi connectivity index (χ0) is 14.4. The van der Waals surface area contributed by atoms with Gasteiger partial charge < -0.3 is 10.6 Å². The van der Waals surface area contributed by atoms with Gasteiger partial charge in [0.05, 0.1) is 11.3 Å². The molecule has 0 atom stereocenters. The second kappa shape index (κ2) is 6.96. The molecule has 1 aromatic carbocycles. The van der Waals surface area contributed by atoms with Gasteiger partial charge >= 0.3 is 0 Å². The highest BCUT2D eigenvalue weighted by Crippen LogP contribution is 2.20. The molecule has 0 aliphatic carbocycles. The molecular formula is C15H17N3OS. The molecule has 0 bridgehead atoms. The monoisotopic (exact) mass is 287 g/mol. The molecule has 0 radical (unpaired) electrons. The summed E-state index contributed by atoms with van der Waals surface area (Å²) in [4.78, 5) is 17.4. The number of benzene rings is 1. The van der Waals surface area contributed by atoms with Crippen molar-refractivity contribution in [3.63, 3.8) is 0 Å². The summed E-state index contributed by atoms with van der Waals surface area (Å²) in [5.41, 5.74) is 2.12. The standard InChI is InChI=1S/C15H17N3OS/c1-3-17-14-7-8-16-10-13(14)15(19)18-11-5-4-6-12(9-11)20-2/h4-10H,3H2,1-2H3,(H,16,17)(H,18,19). The third-order valence-corrected chi connectivity index (χ3v) is 3.49. The Labute approximate surface area is 123 Å². The number of carbonyl (C=O) groups excluding carboxylic acids is 1. The Balaban J connectivity index is 2.19. The average Bonchev–Trinajstić information content (AvgIpc) is 2.48. The molecule has 2 rings (SSSR count). The van der Waals surface area contributed by atoms with Gasteiger partial charge in [-0.3, -0.25) is 9.78 Å². The van der Waals surface area contributed by atoms with Crippen LogP contribution in [-0.4, -0.2) is 23.7 Å². The fourth-order valence-corrected chi connectivity index (χ4v) is 2.28. The van der Waals surface area contributed by atoms with Gasteiger partial charge in [0.25, 0.3) is 5.91 Å². The van der Waals surface area contributed by atoms with Crippen LogP contribution in [0.15, 0.2) is 47.6 Å². The predicted molar refractivity (Wildman–Crippen MR) is 84.6 cm³/mol. The van der Waals surface area contributed by atoms with Crippen LogP contribution in [-0.2, 0) is 0 Å². The zero-order valence-corrected chi connectivity index (χ0v) is 12.3. The summed E-state index contributed by atoms with van der Waals surface area (Å²) in [6, 6.07) is 9.56. The highest BCUT2D eigenvalue weighted by Gasteiger charge is 2.11. The Bertz CT molecular complexity index is 601. The number of aromatic nitrogens is 1. The van der Waals surface area contributed by atoms with E-state index in [2.05, 4.69) is 15.6 Å². The van der Waals surface area contributed by atoms with E-state index in [9.17, 15) is 4.79 Å². The van der Waals surface area contributed by atoms with Gasteiger partial charge in [0, 0.05) is 29.5 Å². The smallest absolute Gasteiger partial charge is 0.259 e. The lowest BCUT2D eigenvalue weighted by atomic mass is 10.2. The molecular weight excluding hydrogens is 270 g/mol. The molecule has 0 saturated carbocycles. The first kappa shape index (κ1) is 14.4. The van der Waals surface area contributed by atoms with E-state index in [0.717, 1.165) is 22.8 Å². The van der Waals surface area contributed by atoms with Crippen molar-refractivity contribution in [2.75, 3.05) is 23.4 Å². The highest BCUT2D eigenvalue weighted by atomic mass is 32.2. The van der Waals surface area contributed by atoms with Crippen molar-refractivity contribution < 1.29 is 4.79 Å². The topological polar surface area (TPSA) is 54.0 Å². The van der Waals surface area contributed by atoms with Crippen molar-refractivity contribution in [1.82, 2.24) is 4.98 Å². The lowest BCUT2D eigenvalue weighted by Crippen LogP contribution is -2.15. The normalized spacial score (nSPS) is 10.1. The molecule has 0 spiro atoms. The van der Waals surface area contributed by atoms with E-state index in [4.69, 9.17) is 0 Å². The van der Waals surface area contributed by atoms with Crippen LogP contribution >= 0.6 is 11.8 Å². The highest BCUT2D eigenvalue weighted by molar-refractivity contribution is 7.98. The van der Waals surface area contributed by atoms with Crippen LogP contribution in [0.1, 0.15) is 17.3 Å². The lowest BCUT2D eigenvalue weighted by Gasteiger charge is -2.11. The third kappa shape index (κ3) is 3.51. The van der Waals surface area contributed by atoms with E-state index in [-0.39, 0.29) is 5.91 Å². The number of rotatable bonds is 5. The summed E-state index contributed by atoms with van der Waals surface area (Å²) in [7, 11) is 0. The van der Waals surface area contributed by atoms with Crippen LogP contribution < -0.4 is 10.6 Å². The molecule has 0 aliphatic heterocycles. The van der Waals surface area contributed by atoms with Crippen LogP contribution in [0, 0.1) is 0 Å². The summed E-state index contributed by atoms with van der Waals surface area (Å²) >= 11 is 1.64. The molecule has 2 N–H and O–H groups in total. The number of carbonyl (C=O) groups is 1. The van der Waals surface area contributed by atoms with Crippen LogP contribution in [0.5, 0.6) is 0 Å². The van der Waals surface area contributed by atoms with Crippen LogP contribution in [0.4, 0.5) is 11.4 Å². The number of pyridine rings is 1. The largest absolute Gasteiger partial charge is 0.385 e. The van der Waals surface area contributed by atoms with Crippen molar-refractivity contribution in [2.24, 2.45) is 0 Å². The van der Waals surface area contributed by atoms with Crippen molar-refractivity contribution >= 4 is 29.0 Å². The first-order valence-electron chi connectivity index (χ1n) is 6.38. The second-order valence-electron chi connectivity index (χ2n) is 4.14. The average molecular weight is 287 g/mol. The van der Waals surface area contributed by atoms with Crippen molar-refractivity contribution in [1.29, 1.82) is 0 Å². The Morgan fingerprint density at radius 3 is 2.95 bits per heavy atom. The van der Waals surface area contributed by atoms with Gasteiger partial charge in [0.2, 0.25) is 0 Å². The molecule has 0 fully saturated rings. The van der Waals surface area contributed by atoms with Gasteiger partial charge in [-0.05, 0) is 37.4 Å². The Morgan fingerprint density at radius 1 is 1.35 bits per heavy atom. The van der Waals surface area contributed by atoms with Gasteiger partial charge in [0.1, 0.15) is 0 Å². The number of nitrogens with zero attached hydrogens (tertiary/aromatic N) is 1. The van der Waals surface area contributed by atoms with Gasteiger partial charge in [-0.1, -0.05) is 6.07 Å². The van der Waals surface area contributed by atoms with Crippen LogP contribution in [0.25, 0.3) is 0 Å². The molecule has 0 aliphatic rings. The SMILES string of the molecule is CCNc1ccncc1C(=O)Nc1cccc(SC)c1. The molecule has 0 unspecified atom stereocenters. The summed E-state index contributed by atoms with van der Waals surface area (Å²) < 4.78 is 0. The summed E-state index contributed by atoms with van der Waals surface area (Å²) in [6.45, 7) is 2.75. The van der Waals surface area contributed by atoms with Gasteiger partial charge in [0.15, 0.2) is 0 Å². The van der Waals surface area contributed by atoms with Crippen molar-refractivity contribution in [2.45, 2.75) is 11.8 Å². The van der Waals surface area contributed by atoms with Crippen molar-refractivity contribution in [3.8, 4) is 0 Å². The minimum atomic E-state index is -0.160. The van der Waals surface area contributed by atoms with E-state index in [1.807, 2.05) is 37.4 Å². The number of hydrogen-bond acceptors (Lipinski definition) is 4. The number of amides is 1. The van der Waals surface area contributed by atoms with E-state index < -0.39 is 0 Å². The van der Waals surface area contributed by atoms with Gasteiger partial charge in [-0.15, -0.1) is 11.8 Å². The van der Waals surface area contributed by atoms with Crippen LogP contribution in [0.2, 0.25) is 0 Å².